The Labute approximate surface area is 114 Å². The molecule has 0 saturated heterocycles. The minimum atomic E-state index is -0.552. The van der Waals surface area contributed by atoms with Gasteiger partial charge in [-0.2, -0.15) is 0 Å². The van der Waals surface area contributed by atoms with Crippen molar-refractivity contribution in [2.75, 3.05) is 11.9 Å². The Morgan fingerprint density at radius 1 is 1.53 bits per heavy atom. The zero-order valence-electron chi connectivity index (χ0n) is 10.1. The van der Waals surface area contributed by atoms with E-state index < -0.39 is 11.7 Å². The quantitative estimate of drug-likeness (QED) is 0.788. The molecular formula is C11H14BrClN2O2. The van der Waals surface area contributed by atoms with Gasteiger partial charge in [-0.3, -0.25) is 4.90 Å². The summed E-state index contributed by atoms with van der Waals surface area (Å²) < 4.78 is 5.90. The first-order valence-corrected chi connectivity index (χ1v) is 6.16. The van der Waals surface area contributed by atoms with Gasteiger partial charge < -0.3 is 4.74 Å². The van der Waals surface area contributed by atoms with E-state index in [9.17, 15) is 4.79 Å². The molecule has 0 aliphatic heterocycles. The molecule has 1 rings (SSSR count). The number of nitrogens with zero attached hydrogens (tertiary/aromatic N) is 2. The number of carbonyl (C=O) groups excluding carboxylic acids is 1. The second-order valence-corrected chi connectivity index (χ2v) is 5.70. The van der Waals surface area contributed by atoms with E-state index in [2.05, 4.69) is 20.9 Å². The zero-order chi connectivity index (χ0) is 13.2. The molecule has 0 aromatic carbocycles. The van der Waals surface area contributed by atoms with Crippen molar-refractivity contribution in [3.8, 4) is 0 Å². The van der Waals surface area contributed by atoms with Crippen molar-refractivity contribution in [2.24, 2.45) is 0 Å². The van der Waals surface area contributed by atoms with E-state index in [0.717, 1.165) is 0 Å². The standard InChI is InChI=1S/C11H14BrClN2O2/c1-11(2,3)17-10(16)15(4)9-8(13)7(12)5-6-14-9/h5-6H,1-4H3. The summed E-state index contributed by atoms with van der Waals surface area (Å²) in [4.78, 5) is 17.1. The first-order chi connectivity index (χ1) is 7.72. The van der Waals surface area contributed by atoms with E-state index in [0.29, 0.717) is 15.3 Å². The van der Waals surface area contributed by atoms with Crippen LogP contribution < -0.4 is 4.90 Å². The lowest BCUT2D eigenvalue weighted by Gasteiger charge is -2.24. The summed E-state index contributed by atoms with van der Waals surface area (Å²) in [5.41, 5.74) is -0.552. The molecule has 0 atom stereocenters. The monoisotopic (exact) mass is 320 g/mol. The van der Waals surface area contributed by atoms with Gasteiger partial charge in [0.05, 0.1) is 5.02 Å². The Bertz CT molecular complexity index is 432. The summed E-state index contributed by atoms with van der Waals surface area (Å²) in [6.07, 6.45) is 1.07. The number of ether oxygens (including phenoxy) is 1. The van der Waals surface area contributed by atoms with Crippen LogP contribution in [0.3, 0.4) is 0 Å². The fourth-order valence-corrected chi connectivity index (χ4v) is 1.59. The highest BCUT2D eigenvalue weighted by atomic mass is 79.9. The molecule has 0 unspecified atom stereocenters. The van der Waals surface area contributed by atoms with Crippen LogP contribution in [-0.2, 0) is 4.74 Å². The Kier molecular flexibility index (Phi) is 4.38. The van der Waals surface area contributed by atoms with Crippen LogP contribution in [0.4, 0.5) is 10.6 Å². The fraction of sp³-hybridized carbons (Fsp3) is 0.455. The highest BCUT2D eigenvalue weighted by Gasteiger charge is 2.23. The molecule has 0 fully saturated rings. The highest BCUT2D eigenvalue weighted by molar-refractivity contribution is 9.10. The molecule has 0 aliphatic rings. The van der Waals surface area contributed by atoms with E-state index in [4.69, 9.17) is 16.3 Å². The van der Waals surface area contributed by atoms with E-state index >= 15 is 0 Å². The summed E-state index contributed by atoms with van der Waals surface area (Å²) >= 11 is 9.32. The summed E-state index contributed by atoms with van der Waals surface area (Å²) in [5.74, 6) is 0.357. The van der Waals surface area contributed by atoms with Gasteiger partial charge in [-0.1, -0.05) is 11.6 Å². The maximum Gasteiger partial charge on any atom is 0.415 e. The van der Waals surface area contributed by atoms with E-state index in [1.54, 1.807) is 40.1 Å². The number of pyridine rings is 1. The first-order valence-electron chi connectivity index (χ1n) is 4.99. The second-order valence-electron chi connectivity index (χ2n) is 4.47. The molecule has 0 radical (unpaired) electrons. The number of halogens is 2. The number of rotatable bonds is 1. The maximum atomic E-state index is 11.8. The molecule has 1 aromatic heterocycles. The van der Waals surface area contributed by atoms with Crippen LogP contribution in [0.2, 0.25) is 5.02 Å². The third-order valence-electron chi connectivity index (χ3n) is 1.81. The third kappa shape index (κ3) is 3.85. The van der Waals surface area contributed by atoms with Crippen molar-refractivity contribution >= 4 is 39.4 Å². The van der Waals surface area contributed by atoms with Crippen molar-refractivity contribution in [1.82, 2.24) is 4.98 Å². The minimum Gasteiger partial charge on any atom is -0.443 e. The van der Waals surface area contributed by atoms with Gasteiger partial charge in [-0.25, -0.2) is 9.78 Å². The molecule has 4 nitrogen and oxygen atoms in total. The predicted molar refractivity (Wildman–Crippen MR) is 71.6 cm³/mol. The van der Waals surface area contributed by atoms with E-state index in [1.165, 1.54) is 4.90 Å². The lowest BCUT2D eigenvalue weighted by Crippen LogP contribution is -2.34. The number of carbonyl (C=O) groups is 1. The topological polar surface area (TPSA) is 42.4 Å². The Morgan fingerprint density at radius 2 is 2.12 bits per heavy atom. The number of hydrogen-bond acceptors (Lipinski definition) is 3. The van der Waals surface area contributed by atoms with Gasteiger partial charge in [0.25, 0.3) is 0 Å². The van der Waals surface area contributed by atoms with Crippen molar-refractivity contribution in [3.05, 3.63) is 21.8 Å². The molecule has 0 bridgehead atoms. The van der Waals surface area contributed by atoms with Crippen LogP contribution in [0.5, 0.6) is 0 Å². The molecule has 1 heterocycles. The van der Waals surface area contributed by atoms with Crippen LogP contribution >= 0.6 is 27.5 Å². The Hall–Kier alpha value is -0.810. The van der Waals surface area contributed by atoms with Crippen LogP contribution in [0.1, 0.15) is 20.8 Å². The lowest BCUT2D eigenvalue weighted by molar-refractivity contribution is 0.0588. The summed E-state index contributed by atoms with van der Waals surface area (Å²) in [6.45, 7) is 5.40. The van der Waals surface area contributed by atoms with Crippen molar-refractivity contribution in [1.29, 1.82) is 0 Å². The average Bonchev–Trinajstić information content (AvgIpc) is 2.18. The van der Waals surface area contributed by atoms with Gasteiger partial charge in [0.15, 0.2) is 5.82 Å². The second kappa shape index (κ2) is 5.23. The third-order valence-corrected chi connectivity index (χ3v) is 3.07. The molecule has 94 valence electrons. The van der Waals surface area contributed by atoms with Gasteiger partial charge >= 0.3 is 6.09 Å². The molecule has 0 N–H and O–H groups in total. The van der Waals surface area contributed by atoms with Crippen molar-refractivity contribution in [3.63, 3.8) is 0 Å². The first kappa shape index (κ1) is 14.3. The molecule has 0 aliphatic carbocycles. The average molecular weight is 322 g/mol. The number of anilines is 1. The Balaban J connectivity index is 2.93. The van der Waals surface area contributed by atoms with Crippen LogP contribution in [0.15, 0.2) is 16.7 Å². The van der Waals surface area contributed by atoms with Crippen LogP contribution in [0.25, 0.3) is 0 Å². The van der Waals surface area contributed by atoms with Crippen LogP contribution in [-0.4, -0.2) is 23.7 Å². The Morgan fingerprint density at radius 3 is 2.65 bits per heavy atom. The number of aromatic nitrogens is 1. The van der Waals surface area contributed by atoms with Crippen LogP contribution in [0, 0.1) is 0 Å². The van der Waals surface area contributed by atoms with Crippen molar-refractivity contribution < 1.29 is 9.53 Å². The minimum absolute atomic E-state index is 0.357. The molecule has 17 heavy (non-hydrogen) atoms. The van der Waals surface area contributed by atoms with Gasteiger partial charge in [0, 0.05) is 17.7 Å². The van der Waals surface area contributed by atoms with Gasteiger partial charge in [0.2, 0.25) is 0 Å². The molecule has 6 heteroatoms. The van der Waals surface area contributed by atoms with Gasteiger partial charge in [-0.15, -0.1) is 0 Å². The SMILES string of the molecule is CN(C(=O)OC(C)(C)C)c1nccc(Br)c1Cl. The summed E-state index contributed by atoms with van der Waals surface area (Å²) in [5, 5.41) is 0.376. The van der Waals surface area contributed by atoms with Gasteiger partial charge in [-0.05, 0) is 42.8 Å². The molecule has 0 saturated carbocycles. The largest absolute Gasteiger partial charge is 0.443 e. The molecule has 1 amide bonds. The smallest absolute Gasteiger partial charge is 0.415 e. The molecule has 1 aromatic rings. The molecular weight excluding hydrogens is 307 g/mol. The lowest BCUT2D eigenvalue weighted by atomic mass is 10.2. The predicted octanol–water partition coefficient (Wildman–Crippen LogP) is 3.87. The number of amides is 1. The fourth-order valence-electron chi connectivity index (χ4n) is 1.06. The van der Waals surface area contributed by atoms with E-state index in [-0.39, 0.29) is 0 Å². The maximum absolute atomic E-state index is 11.8. The highest BCUT2D eigenvalue weighted by Crippen LogP contribution is 2.30. The summed E-state index contributed by atoms with van der Waals surface area (Å²) in [6, 6.07) is 1.70. The van der Waals surface area contributed by atoms with Gasteiger partial charge in [0.1, 0.15) is 5.60 Å². The van der Waals surface area contributed by atoms with E-state index in [1.807, 2.05) is 0 Å². The number of hydrogen-bond donors (Lipinski definition) is 0. The molecule has 0 spiro atoms. The van der Waals surface area contributed by atoms with Crippen molar-refractivity contribution in [2.45, 2.75) is 26.4 Å². The normalized spacial score (nSPS) is 11.2. The zero-order valence-corrected chi connectivity index (χ0v) is 12.5. The summed E-state index contributed by atoms with van der Waals surface area (Å²) in [7, 11) is 1.56.